The van der Waals surface area contributed by atoms with Crippen LogP contribution in [0.1, 0.15) is 22.3 Å². The molecule has 0 bridgehead atoms. The summed E-state index contributed by atoms with van der Waals surface area (Å²) in [4.78, 5) is 16.7. The molecule has 2 aromatic rings. The van der Waals surface area contributed by atoms with Gasteiger partial charge < -0.3 is 28.7 Å². The Kier molecular flexibility index (Phi) is 9.27. The van der Waals surface area contributed by atoms with Gasteiger partial charge in [-0.25, -0.2) is 0 Å². The van der Waals surface area contributed by atoms with E-state index in [1.165, 1.54) is 5.56 Å². The summed E-state index contributed by atoms with van der Waals surface area (Å²) in [7, 11) is 6.95. The second-order valence-electron chi connectivity index (χ2n) is 7.28. The summed E-state index contributed by atoms with van der Waals surface area (Å²) in [5.41, 5.74) is 1.76. The van der Waals surface area contributed by atoms with Crippen molar-refractivity contribution in [2.45, 2.75) is 12.8 Å². The largest absolute Gasteiger partial charge is 0.493 e. The zero-order chi connectivity index (χ0) is 21.5. The standard InChI is InChI=1S/C23H30N2O5.ClH/c1-24(14-11-17-9-10-19(27-2)21(15-17)29-4)12-6-13-25-16-30-22-18(23(25)26)7-5-8-20(22)28-3;/h5,7-10,15H,6,11-14,16H2,1-4H3;1H. The first-order chi connectivity index (χ1) is 14.6. The molecule has 170 valence electrons. The lowest BCUT2D eigenvalue weighted by Gasteiger charge is -2.30. The van der Waals surface area contributed by atoms with Gasteiger partial charge in [0.25, 0.3) is 5.91 Å². The second-order valence-corrected chi connectivity index (χ2v) is 7.28. The molecule has 7 nitrogen and oxygen atoms in total. The molecule has 0 radical (unpaired) electrons. The molecule has 1 heterocycles. The van der Waals surface area contributed by atoms with Crippen molar-refractivity contribution in [1.82, 2.24) is 9.80 Å². The fourth-order valence-corrected chi connectivity index (χ4v) is 3.53. The molecule has 1 amide bonds. The van der Waals surface area contributed by atoms with Crippen molar-refractivity contribution in [3.8, 4) is 23.0 Å². The lowest BCUT2D eigenvalue weighted by molar-refractivity contribution is 0.0503. The van der Waals surface area contributed by atoms with Crippen LogP contribution in [0.25, 0.3) is 0 Å². The van der Waals surface area contributed by atoms with Crippen LogP contribution >= 0.6 is 12.4 Å². The van der Waals surface area contributed by atoms with E-state index in [9.17, 15) is 4.79 Å². The average molecular weight is 451 g/mol. The van der Waals surface area contributed by atoms with E-state index in [0.29, 0.717) is 23.6 Å². The molecule has 1 aliphatic rings. The predicted octanol–water partition coefficient (Wildman–Crippen LogP) is 3.49. The molecule has 8 heteroatoms. The number of likely N-dealkylation sites (N-methyl/N-ethyl adjacent to an activating group) is 1. The summed E-state index contributed by atoms with van der Waals surface area (Å²) >= 11 is 0. The summed E-state index contributed by atoms with van der Waals surface area (Å²) in [5, 5.41) is 0. The van der Waals surface area contributed by atoms with Crippen LogP contribution in [0.15, 0.2) is 36.4 Å². The number of carbonyl (C=O) groups is 1. The molecule has 0 atom stereocenters. The minimum Gasteiger partial charge on any atom is -0.493 e. The van der Waals surface area contributed by atoms with E-state index in [4.69, 9.17) is 18.9 Å². The molecule has 0 fully saturated rings. The average Bonchev–Trinajstić information content (AvgIpc) is 2.78. The van der Waals surface area contributed by atoms with Gasteiger partial charge in [-0.3, -0.25) is 4.79 Å². The predicted molar refractivity (Wildman–Crippen MR) is 122 cm³/mol. The Bertz CT molecular complexity index is 877. The number of fused-ring (bicyclic) bond motifs is 1. The van der Waals surface area contributed by atoms with Crippen LogP contribution < -0.4 is 18.9 Å². The van der Waals surface area contributed by atoms with Gasteiger partial charge >= 0.3 is 0 Å². The third-order valence-corrected chi connectivity index (χ3v) is 5.28. The summed E-state index contributed by atoms with van der Waals surface area (Å²) in [6, 6.07) is 11.4. The molecule has 0 unspecified atom stereocenters. The topological polar surface area (TPSA) is 60.5 Å². The Labute approximate surface area is 190 Å². The molecular weight excluding hydrogens is 420 g/mol. The Morgan fingerprint density at radius 3 is 2.45 bits per heavy atom. The third kappa shape index (κ3) is 5.95. The number of amides is 1. The number of carbonyl (C=O) groups excluding carboxylic acids is 1. The second kappa shape index (κ2) is 11.7. The fourth-order valence-electron chi connectivity index (χ4n) is 3.53. The molecule has 0 saturated heterocycles. The molecule has 31 heavy (non-hydrogen) atoms. The molecule has 0 spiro atoms. The number of methoxy groups -OCH3 is 3. The van der Waals surface area contributed by atoms with Crippen LogP contribution in [0, 0.1) is 0 Å². The molecular formula is C23H31ClN2O5. The van der Waals surface area contributed by atoms with Crippen LogP contribution in [-0.2, 0) is 6.42 Å². The molecule has 3 rings (SSSR count). The molecule has 1 aliphatic heterocycles. The molecule has 0 saturated carbocycles. The Morgan fingerprint density at radius 1 is 1.00 bits per heavy atom. The first-order valence-electron chi connectivity index (χ1n) is 10.1. The van der Waals surface area contributed by atoms with Gasteiger partial charge in [0.05, 0.1) is 26.9 Å². The van der Waals surface area contributed by atoms with Crippen molar-refractivity contribution in [2.75, 3.05) is 54.7 Å². The highest BCUT2D eigenvalue weighted by Crippen LogP contribution is 2.34. The van der Waals surface area contributed by atoms with Crippen LogP contribution in [0.3, 0.4) is 0 Å². The van der Waals surface area contributed by atoms with E-state index in [0.717, 1.165) is 37.4 Å². The first kappa shape index (κ1) is 24.6. The minimum atomic E-state index is -0.0110. The van der Waals surface area contributed by atoms with Crippen LogP contribution in [0.5, 0.6) is 23.0 Å². The van der Waals surface area contributed by atoms with E-state index in [1.807, 2.05) is 18.2 Å². The van der Waals surface area contributed by atoms with E-state index in [-0.39, 0.29) is 25.0 Å². The first-order valence-corrected chi connectivity index (χ1v) is 10.1. The lowest BCUT2D eigenvalue weighted by atomic mass is 10.1. The van der Waals surface area contributed by atoms with Crippen LogP contribution in [-0.4, -0.2) is 70.4 Å². The summed E-state index contributed by atoms with van der Waals surface area (Å²) in [6.45, 7) is 2.71. The molecule has 0 aromatic heterocycles. The van der Waals surface area contributed by atoms with Gasteiger partial charge in [-0.2, -0.15) is 0 Å². The van der Waals surface area contributed by atoms with Gasteiger partial charge in [0, 0.05) is 13.1 Å². The van der Waals surface area contributed by atoms with E-state index >= 15 is 0 Å². The summed E-state index contributed by atoms with van der Waals surface area (Å²) in [6.07, 6.45) is 1.78. The number of hydrogen-bond acceptors (Lipinski definition) is 6. The van der Waals surface area contributed by atoms with Crippen molar-refractivity contribution in [1.29, 1.82) is 0 Å². The normalized spacial score (nSPS) is 12.7. The highest BCUT2D eigenvalue weighted by molar-refractivity contribution is 5.98. The van der Waals surface area contributed by atoms with Crippen molar-refractivity contribution >= 4 is 18.3 Å². The highest BCUT2D eigenvalue weighted by atomic mass is 35.5. The Hall–Kier alpha value is -2.64. The van der Waals surface area contributed by atoms with Crippen molar-refractivity contribution < 1.29 is 23.7 Å². The number of benzene rings is 2. The quantitative estimate of drug-likeness (QED) is 0.552. The van der Waals surface area contributed by atoms with Crippen LogP contribution in [0.2, 0.25) is 0 Å². The van der Waals surface area contributed by atoms with Gasteiger partial charge in [-0.05, 0) is 56.3 Å². The molecule has 2 aromatic carbocycles. The number of ether oxygens (including phenoxy) is 4. The van der Waals surface area contributed by atoms with Gasteiger partial charge in [-0.15, -0.1) is 12.4 Å². The highest BCUT2D eigenvalue weighted by Gasteiger charge is 2.27. The maximum absolute atomic E-state index is 12.7. The van der Waals surface area contributed by atoms with Crippen molar-refractivity contribution in [3.05, 3.63) is 47.5 Å². The monoisotopic (exact) mass is 450 g/mol. The number of nitrogens with zero attached hydrogens (tertiary/aromatic N) is 2. The zero-order valence-corrected chi connectivity index (χ0v) is 19.4. The Morgan fingerprint density at radius 2 is 1.74 bits per heavy atom. The van der Waals surface area contributed by atoms with E-state index in [1.54, 1.807) is 38.4 Å². The summed E-state index contributed by atoms with van der Waals surface area (Å²) < 4.78 is 21.7. The van der Waals surface area contributed by atoms with Gasteiger partial charge in [-0.1, -0.05) is 12.1 Å². The molecule has 0 aliphatic carbocycles. The zero-order valence-electron chi connectivity index (χ0n) is 18.6. The Balaban J connectivity index is 0.00000341. The lowest BCUT2D eigenvalue weighted by Crippen LogP contribution is -2.40. The minimum absolute atomic E-state index is 0. The van der Waals surface area contributed by atoms with Gasteiger partial charge in [0.15, 0.2) is 29.7 Å². The smallest absolute Gasteiger partial charge is 0.260 e. The summed E-state index contributed by atoms with van der Waals surface area (Å²) in [5.74, 6) is 2.60. The molecule has 0 N–H and O–H groups in total. The maximum Gasteiger partial charge on any atom is 0.260 e. The number of hydrogen-bond donors (Lipinski definition) is 0. The SMILES string of the molecule is COc1ccc(CCN(C)CCCN2COc3c(OC)cccc3C2=O)cc1OC.Cl. The van der Waals surface area contributed by atoms with E-state index in [2.05, 4.69) is 18.0 Å². The number of rotatable bonds is 10. The fraction of sp³-hybridized carbons (Fsp3) is 0.435. The van der Waals surface area contributed by atoms with Crippen molar-refractivity contribution in [2.24, 2.45) is 0 Å². The number of para-hydroxylation sites is 1. The van der Waals surface area contributed by atoms with Crippen molar-refractivity contribution in [3.63, 3.8) is 0 Å². The maximum atomic E-state index is 12.7. The van der Waals surface area contributed by atoms with Crippen LogP contribution in [0.4, 0.5) is 0 Å². The third-order valence-electron chi connectivity index (χ3n) is 5.28. The van der Waals surface area contributed by atoms with Gasteiger partial charge in [0.1, 0.15) is 0 Å². The number of halogens is 1. The van der Waals surface area contributed by atoms with Gasteiger partial charge in [0.2, 0.25) is 0 Å². The van der Waals surface area contributed by atoms with E-state index < -0.39 is 0 Å².